The number of para-hydroxylation sites is 1. The molecule has 0 spiro atoms. The van der Waals surface area contributed by atoms with Crippen LogP contribution in [0.3, 0.4) is 0 Å². The highest BCUT2D eigenvalue weighted by molar-refractivity contribution is 9.08. The minimum Gasteiger partial charge on any atom is -0.492 e. The molecule has 0 amide bonds. The SMILES string of the molecule is CCCOc1c(Cl)cccc1CBr. The average Bonchev–Trinajstić information content (AvgIpc) is 2.15. The summed E-state index contributed by atoms with van der Waals surface area (Å²) in [7, 11) is 0. The number of hydrogen-bond donors (Lipinski definition) is 0. The first-order valence-corrected chi connectivity index (χ1v) is 5.75. The Morgan fingerprint density at radius 1 is 1.46 bits per heavy atom. The van der Waals surface area contributed by atoms with Crippen LogP contribution in [0.5, 0.6) is 5.75 Å². The fraction of sp³-hybridized carbons (Fsp3) is 0.400. The minimum atomic E-state index is 0.686. The van der Waals surface area contributed by atoms with E-state index in [0.717, 1.165) is 23.1 Å². The van der Waals surface area contributed by atoms with Crippen molar-refractivity contribution < 1.29 is 4.74 Å². The monoisotopic (exact) mass is 262 g/mol. The lowest BCUT2D eigenvalue weighted by Gasteiger charge is -2.10. The van der Waals surface area contributed by atoms with E-state index in [9.17, 15) is 0 Å². The van der Waals surface area contributed by atoms with Crippen LogP contribution in [0.15, 0.2) is 18.2 Å². The largest absolute Gasteiger partial charge is 0.492 e. The number of alkyl halides is 1. The van der Waals surface area contributed by atoms with Crippen LogP contribution >= 0.6 is 27.5 Å². The van der Waals surface area contributed by atoms with Crippen molar-refractivity contribution in [2.24, 2.45) is 0 Å². The number of ether oxygens (including phenoxy) is 1. The second-order valence-electron chi connectivity index (χ2n) is 2.71. The van der Waals surface area contributed by atoms with Crippen molar-refractivity contribution in [1.82, 2.24) is 0 Å². The number of hydrogen-bond acceptors (Lipinski definition) is 1. The van der Waals surface area contributed by atoms with E-state index in [4.69, 9.17) is 16.3 Å². The summed E-state index contributed by atoms with van der Waals surface area (Å²) in [5, 5.41) is 1.46. The third kappa shape index (κ3) is 2.89. The molecule has 0 radical (unpaired) electrons. The fourth-order valence-electron chi connectivity index (χ4n) is 1.02. The smallest absolute Gasteiger partial charge is 0.141 e. The molecular weight excluding hydrogens is 251 g/mol. The predicted octanol–water partition coefficient (Wildman–Crippen LogP) is 4.02. The van der Waals surface area contributed by atoms with Crippen LogP contribution < -0.4 is 4.74 Å². The van der Waals surface area contributed by atoms with Crippen molar-refractivity contribution in [2.75, 3.05) is 6.61 Å². The molecule has 0 fully saturated rings. The molecule has 0 unspecified atom stereocenters. The third-order valence-electron chi connectivity index (χ3n) is 1.64. The highest BCUT2D eigenvalue weighted by Gasteiger charge is 2.06. The van der Waals surface area contributed by atoms with Crippen molar-refractivity contribution in [3.05, 3.63) is 28.8 Å². The Kier molecular flexibility index (Phi) is 4.60. The summed E-state index contributed by atoms with van der Waals surface area (Å²) < 4.78 is 5.55. The molecule has 1 aromatic carbocycles. The van der Waals surface area contributed by atoms with Gasteiger partial charge in [-0.1, -0.05) is 46.6 Å². The van der Waals surface area contributed by atoms with Crippen molar-refractivity contribution in [1.29, 1.82) is 0 Å². The maximum absolute atomic E-state index is 6.00. The van der Waals surface area contributed by atoms with Crippen LogP contribution in [0.25, 0.3) is 0 Å². The van der Waals surface area contributed by atoms with Crippen molar-refractivity contribution in [2.45, 2.75) is 18.7 Å². The lowest BCUT2D eigenvalue weighted by atomic mass is 10.2. The highest BCUT2D eigenvalue weighted by atomic mass is 79.9. The molecule has 0 saturated carbocycles. The maximum atomic E-state index is 6.00. The standard InChI is InChI=1S/C10H12BrClO/c1-2-6-13-10-8(7-11)4-3-5-9(10)12/h3-5H,2,6-7H2,1H3. The van der Waals surface area contributed by atoms with Gasteiger partial charge in [-0.25, -0.2) is 0 Å². The first-order chi connectivity index (χ1) is 6.29. The Hall–Kier alpha value is -0.210. The van der Waals surface area contributed by atoms with E-state index in [0.29, 0.717) is 11.6 Å². The lowest BCUT2D eigenvalue weighted by molar-refractivity contribution is 0.315. The number of benzene rings is 1. The number of rotatable bonds is 4. The Morgan fingerprint density at radius 2 is 2.23 bits per heavy atom. The normalized spacial score (nSPS) is 10.1. The first kappa shape index (κ1) is 10.9. The van der Waals surface area contributed by atoms with E-state index in [-0.39, 0.29) is 0 Å². The Balaban J connectivity index is 2.87. The molecule has 0 atom stereocenters. The van der Waals surface area contributed by atoms with Crippen LogP contribution in [0.4, 0.5) is 0 Å². The van der Waals surface area contributed by atoms with Gasteiger partial charge in [0, 0.05) is 10.9 Å². The van der Waals surface area contributed by atoms with Gasteiger partial charge in [0.25, 0.3) is 0 Å². The topological polar surface area (TPSA) is 9.23 Å². The molecule has 0 aromatic heterocycles. The molecule has 72 valence electrons. The van der Waals surface area contributed by atoms with Gasteiger partial charge in [-0.2, -0.15) is 0 Å². The molecule has 0 aliphatic carbocycles. The molecular formula is C10H12BrClO. The summed E-state index contributed by atoms with van der Waals surface area (Å²) in [6, 6.07) is 5.78. The molecule has 0 bridgehead atoms. The first-order valence-electron chi connectivity index (χ1n) is 4.25. The van der Waals surface area contributed by atoms with E-state index >= 15 is 0 Å². The molecule has 0 N–H and O–H groups in total. The molecule has 3 heteroatoms. The quantitative estimate of drug-likeness (QED) is 0.746. The van der Waals surface area contributed by atoms with E-state index in [2.05, 4.69) is 22.9 Å². The molecule has 0 aliphatic heterocycles. The van der Waals surface area contributed by atoms with Gasteiger partial charge in [-0.15, -0.1) is 0 Å². The van der Waals surface area contributed by atoms with Gasteiger partial charge in [-0.05, 0) is 12.5 Å². The van der Waals surface area contributed by atoms with E-state index < -0.39 is 0 Å². The molecule has 1 rings (SSSR count). The fourth-order valence-corrected chi connectivity index (χ4v) is 1.71. The van der Waals surface area contributed by atoms with Crippen LogP contribution in [0, 0.1) is 0 Å². The summed E-state index contributed by atoms with van der Waals surface area (Å²) in [4.78, 5) is 0. The summed E-state index contributed by atoms with van der Waals surface area (Å²) in [5.41, 5.74) is 1.10. The van der Waals surface area contributed by atoms with Gasteiger partial charge in [0.15, 0.2) is 0 Å². The highest BCUT2D eigenvalue weighted by Crippen LogP contribution is 2.30. The molecule has 1 aromatic rings. The summed E-state index contributed by atoms with van der Waals surface area (Å²) in [6.07, 6.45) is 0.993. The van der Waals surface area contributed by atoms with Crippen LogP contribution in [0.1, 0.15) is 18.9 Å². The van der Waals surface area contributed by atoms with Gasteiger partial charge in [0.1, 0.15) is 5.75 Å². The Labute approximate surface area is 92.2 Å². The Morgan fingerprint density at radius 3 is 2.85 bits per heavy atom. The maximum Gasteiger partial charge on any atom is 0.141 e. The predicted molar refractivity (Wildman–Crippen MR) is 59.9 cm³/mol. The van der Waals surface area contributed by atoms with E-state index in [1.807, 2.05) is 18.2 Å². The van der Waals surface area contributed by atoms with Crippen LogP contribution in [-0.2, 0) is 5.33 Å². The third-order valence-corrected chi connectivity index (χ3v) is 2.54. The van der Waals surface area contributed by atoms with Crippen LogP contribution in [0.2, 0.25) is 5.02 Å². The minimum absolute atomic E-state index is 0.686. The molecule has 0 aliphatic rings. The summed E-state index contributed by atoms with van der Waals surface area (Å²) >= 11 is 9.39. The van der Waals surface area contributed by atoms with Gasteiger partial charge >= 0.3 is 0 Å². The van der Waals surface area contributed by atoms with Crippen molar-refractivity contribution in [3.8, 4) is 5.75 Å². The zero-order valence-electron chi connectivity index (χ0n) is 7.52. The van der Waals surface area contributed by atoms with Crippen LogP contribution in [-0.4, -0.2) is 6.61 Å². The zero-order chi connectivity index (χ0) is 9.68. The van der Waals surface area contributed by atoms with E-state index in [1.54, 1.807) is 0 Å². The van der Waals surface area contributed by atoms with Gasteiger partial charge < -0.3 is 4.74 Å². The van der Waals surface area contributed by atoms with Gasteiger partial charge in [-0.3, -0.25) is 0 Å². The molecule has 1 nitrogen and oxygen atoms in total. The summed E-state index contributed by atoms with van der Waals surface area (Å²) in [6.45, 7) is 2.79. The number of halogens is 2. The molecule has 0 saturated heterocycles. The Bertz CT molecular complexity index is 276. The van der Waals surface area contributed by atoms with Crippen molar-refractivity contribution in [3.63, 3.8) is 0 Å². The molecule has 13 heavy (non-hydrogen) atoms. The van der Waals surface area contributed by atoms with Gasteiger partial charge in [0.05, 0.1) is 11.6 Å². The zero-order valence-corrected chi connectivity index (χ0v) is 9.86. The lowest BCUT2D eigenvalue weighted by Crippen LogP contribution is -1.98. The van der Waals surface area contributed by atoms with Crippen molar-refractivity contribution >= 4 is 27.5 Å². The average molecular weight is 264 g/mol. The second-order valence-corrected chi connectivity index (χ2v) is 3.68. The second kappa shape index (κ2) is 5.51. The van der Waals surface area contributed by atoms with E-state index in [1.165, 1.54) is 0 Å². The summed E-state index contributed by atoms with van der Waals surface area (Å²) in [5.74, 6) is 0.808. The molecule has 0 heterocycles. The van der Waals surface area contributed by atoms with Gasteiger partial charge in [0.2, 0.25) is 0 Å².